The monoisotopic (exact) mass is 143 g/mol. The molecule has 3 nitrogen and oxygen atoms in total. The van der Waals surface area contributed by atoms with Gasteiger partial charge < -0.3 is 9.72 Å². The molecule has 1 aromatic heterocycles. The van der Waals surface area contributed by atoms with Crippen LogP contribution in [0.4, 0.5) is 4.39 Å². The van der Waals surface area contributed by atoms with E-state index in [1.54, 1.807) is 0 Å². The fourth-order valence-corrected chi connectivity index (χ4v) is 0.617. The van der Waals surface area contributed by atoms with Gasteiger partial charge in [0.1, 0.15) is 5.56 Å². The Labute approximate surface area is 56.8 Å². The van der Waals surface area contributed by atoms with E-state index in [0.29, 0.717) is 0 Å². The lowest BCUT2D eigenvalue weighted by Crippen LogP contribution is -2.01. The molecule has 0 atom stereocenters. The van der Waals surface area contributed by atoms with Gasteiger partial charge in [0, 0.05) is 6.20 Å². The SMILES string of the molecule is COC(=O)c1cc[nH]c1F. The first-order valence-electron chi connectivity index (χ1n) is 2.67. The van der Waals surface area contributed by atoms with Crippen LogP contribution < -0.4 is 0 Å². The number of esters is 1. The maximum atomic E-state index is 12.4. The number of carbonyl (C=O) groups is 1. The van der Waals surface area contributed by atoms with Crippen LogP contribution in [-0.4, -0.2) is 18.1 Å². The molecule has 0 spiro atoms. The van der Waals surface area contributed by atoms with E-state index in [1.807, 2.05) is 0 Å². The van der Waals surface area contributed by atoms with Crippen LogP contribution >= 0.6 is 0 Å². The second kappa shape index (κ2) is 2.51. The van der Waals surface area contributed by atoms with E-state index >= 15 is 0 Å². The normalized spacial score (nSPS) is 9.40. The maximum absolute atomic E-state index is 12.4. The van der Waals surface area contributed by atoms with Crippen molar-refractivity contribution in [3.8, 4) is 0 Å². The van der Waals surface area contributed by atoms with Gasteiger partial charge in [0.25, 0.3) is 0 Å². The first kappa shape index (κ1) is 6.80. The van der Waals surface area contributed by atoms with Crippen LogP contribution in [0.5, 0.6) is 0 Å². The van der Waals surface area contributed by atoms with Crippen LogP contribution in [0.1, 0.15) is 10.4 Å². The quantitative estimate of drug-likeness (QED) is 0.594. The molecule has 1 N–H and O–H groups in total. The molecule has 0 aliphatic rings. The van der Waals surface area contributed by atoms with E-state index in [1.165, 1.54) is 19.4 Å². The molecular weight excluding hydrogens is 137 g/mol. The summed E-state index contributed by atoms with van der Waals surface area (Å²) < 4.78 is 16.7. The molecule has 0 saturated heterocycles. The smallest absolute Gasteiger partial charge is 0.342 e. The molecule has 54 valence electrons. The number of rotatable bonds is 1. The standard InChI is InChI=1S/C6H6FNO2/c1-10-6(9)4-2-3-8-5(4)7/h2-3,8H,1H3. The molecule has 0 aliphatic heterocycles. The van der Waals surface area contributed by atoms with Crippen molar-refractivity contribution in [2.75, 3.05) is 7.11 Å². The van der Waals surface area contributed by atoms with Crippen LogP contribution in [-0.2, 0) is 4.74 Å². The van der Waals surface area contributed by atoms with Crippen molar-refractivity contribution in [3.63, 3.8) is 0 Å². The molecule has 0 amide bonds. The summed E-state index contributed by atoms with van der Waals surface area (Å²) in [6, 6.07) is 1.32. The first-order valence-corrected chi connectivity index (χ1v) is 2.67. The molecule has 10 heavy (non-hydrogen) atoms. The topological polar surface area (TPSA) is 42.1 Å². The van der Waals surface area contributed by atoms with Gasteiger partial charge in [-0.1, -0.05) is 0 Å². The summed E-state index contributed by atoms with van der Waals surface area (Å²) in [5.74, 6) is -1.33. The summed E-state index contributed by atoms with van der Waals surface area (Å²) in [4.78, 5) is 12.8. The number of nitrogens with one attached hydrogen (secondary N) is 1. The van der Waals surface area contributed by atoms with Gasteiger partial charge in [-0.2, -0.15) is 4.39 Å². The molecule has 0 fully saturated rings. The van der Waals surface area contributed by atoms with Crippen molar-refractivity contribution in [2.45, 2.75) is 0 Å². The lowest BCUT2D eigenvalue weighted by molar-refractivity contribution is 0.0595. The molecule has 0 unspecified atom stereocenters. The average molecular weight is 143 g/mol. The van der Waals surface area contributed by atoms with Crippen molar-refractivity contribution in [1.29, 1.82) is 0 Å². The predicted molar refractivity (Wildman–Crippen MR) is 32.1 cm³/mol. The Hall–Kier alpha value is -1.32. The van der Waals surface area contributed by atoms with E-state index in [0.717, 1.165) is 0 Å². The molecule has 1 rings (SSSR count). The Kier molecular flexibility index (Phi) is 1.71. The molecule has 0 bridgehead atoms. The van der Waals surface area contributed by atoms with Crippen molar-refractivity contribution in [2.24, 2.45) is 0 Å². The van der Waals surface area contributed by atoms with E-state index < -0.39 is 11.9 Å². The summed E-state index contributed by atoms with van der Waals surface area (Å²) >= 11 is 0. The van der Waals surface area contributed by atoms with Gasteiger partial charge in [0.2, 0.25) is 5.95 Å². The summed E-state index contributed by atoms with van der Waals surface area (Å²) in [6.07, 6.45) is 1.33. The average Bonchev–Trinajstić information content (AvgIpc) is 2.34. The van der Waals surface area contributed by atoms with Crippen LogP contribution in [0.3, 0.4) is 0 Å². The zero-order chi connectivity index (χ0) is 7.56. The number of aromatic amines is 1. The third kappa shape index (κ3) is 1.00. The van der Waals surface area contributed by atoms with E-state index in [2.05, 4.69) is 9.72 Å². The van der Waals surface area contributed by atoms with Crippen LogP contribution in [0.25, 0.3) is 0 Å². The molecule has 4 heteroatoms. The van der Waals surface area contributed by atoms with Crippen molar-refractivity contribution in [3.05, 3.63) is 23.8 Å². The number of hydrogen-bond acceptors (Lipinski definition) is 2. The Morgan fingerprint density at radius 2 is 2.50 bits per heavy atom. The fourth-order valence-electron chi connectivity index (χ4n) is 0.617. The minimum Gasteiger partial charge on any atom is -0.465 e. The zero-order valence-corrected chi connectivity index (χ0v) is 5.35. The molecule has 0 aliphatic carbocycles. The Morgan fingerprint density at radius 1 is 1.80 bits per heavy atom. The highest BCUT2D eigenvalue weighted by molar-refractivity contribution is 5.89. The van der Waals surface area contributed by atoms with Crippen molar-refractivity contribution in [1.82, 2.24) is 4.98 Å². The molecule has 0 saturated carbocycles. The largest absolute Gasteiger partial charge is 0.465 e. The number of hydrogen-bond donors (Lipinski definition) is 1. The maximum Gasteiger partial charge on any atom is 0.342 e. The van der Waals surface area contributed by atoms with Gasteiger partial charge in [0.15, 0.2) is 0 Å². The minimum atomic E-state index is -0.668. The number of carbonyl (C=O) groups excluding carboxylic acids is 1. The Balaban J connectivity index is 2.93. The van der Waals surface area contributed by atoms with Gasteiger partial charge in [-0.15, -0.1) is 0 Å². The van der Waals surface area contributed by atoms with Gasteiger partial charge in [-0.25, -0.2) is 4.79 Å². The summed E-state index contributed by atoms with van der Waals surface area (Å²) in [5, 5.41) is 0. The molecule has 1 heterocycles. The molecular formula is C6H6FNO2. The van der Waals surface area contributed by atoms with Crippen LogP contribution in [0, 0.1) is 5.95 Å². The Bertz CT molecular complexity index is 244. The third-order valence-corrected chi connectivity index (χ3v) is 1.10. The minimum absolute atomic E-state index is 0.0671. The van der Waals surface area contributed by atoms with Gasteiger partial charge in [-0.3, -0.25) is 0 Å². The van der Waals surface area contributed by atoms with Gasteiger partial charge in [0.05, 0.1) is 7.11 Å². The summed E-state index contributed by atoms with van der Waals surface area (Å²) in [5.41, 5.74) is -0.0671. The lowest BCUT2D eigenvalue weighted by atomic mass is 10.3. The highest BCUT2D eigenvalue weighted by Gasteiger charge is 2.11. The summed E-state index contributed by atoms with van der Waals surface area (Å²) in [6.45, 7) is 0. The van der Waals surface area contributed by atoms with E-state index in [9.17, 15) is 9.18 Å². The molecule has 0 radical (unpaired) electrons. The Morgan fingerprint density at radius 3 is 2.90 bits per heavy atom. The van der Waals surface area contributed by atoms with E-state index in [4.69, 9.17) is 0 Å². The van der Waals surface area contributed by atoms with Crippen molar-refractivity contribution < 1.29 is 13.9 Å². The number of ether oxygens (including phenoxy) is 1. The van der Waals surface area contributed by atoms with Crippen LogP contribution in [0.2, 0.25) is 0 Å². The third-order valence-electron chi connectivity index (χ3n) is 1.10. The number of H-pyrrole nitrogens is 1. The van der Waals surface area contributed by atoms with E-state index in [-0.39, 0.29) is 5.56 Å². The lowest BCUT2D eigenvalue weighted by Gasteiger charge is -1.92. The second-order valence-corrected chi connectivity index (χ2v) is 1.70. The van der Waals surface area contributed by atoms with Gasteiger partial charge in [-0.05, 0) is 6.07 Å². The highest BCUT2D eigenvalue weighted by Crippen LogP contribution is 2.04. The number of halogens is 1. The summed E-state index contributed by atoms with van der Waals surface area (Å²) in [7, 11) is 1.20. The number of aromatic nitrogens is 1. The predicted octanol–water partition coefficient (Wildman–Crippen LogP) is 0.940. The number of methoxy groups -OCH3 is 1. The van der Waals surface area contributed by atoms with Crippen molar-refractivity contribution >= 4 is 5.97 Å². The molecule has 1 aromatic rings. The first-order chi connectivity index (χ1) is 4.75. The second-order valence-electron chi connectivity index (χ2n) is 1.70. The zero-order valence-electron chi connectivity index (χ0n) is 5.35. The fraction of sp³-hybridized carbons (Fsp3) is 0.167. The van der Waals surface area contributed by atoms with Gasteiger partial charge >= 0.3 is 5.97 Å². The highest BCUT2D eigenvalue weighted by atomic mass is 19.1. The molecule has 0 aromatic carbocycles. The van der Waals surface area contributed by atoms with Crippen LogP contribution in [0.15, 0.2) is 12.3 Å².